The second-order valence-corrected chi connectivity index (χ2v) is 8.30. The maximum atomic E-state index is 13.0. The Hall–Kier alpha value is -2.85. The second kappa shape index (κ2) is 8.35. The fraction of sp³-hybridized carbons (Fsp3) is 0.450. The Labute approximate surface area is 174 Å². The predicted octanol–water partition coefficient (Wildman–Crippen LogP) is 4.61. The highest BCUT2D eigenvalue weighted by molar-refractivity contribution is 5.92. The van der Waals surface area contributed by atoms with Gasteiger partial charge in [0.05, 0.1) is 11.3 Å². The minimum Gasteiger partial charge on any atom is -0.327 e. The normalized spacial score (nSPS) is 12.7. The van der Waals surface area contributed by atoms with Crippen molar-refractivity contribution in [1.29, 1.82) is 0 Å². The van der Waals surface area contributed by atoms with Crippen molar-refractivity contribution in [1.82, 2.24) is 14.7 Å². The number of carbonyl (C=O) groups excluding carboxylic acids is 1. The fourth-order valence-electron chi connectivity index (χ4n) is 2.91. The summed E-state index contributed by atoms with van der Waals surface area (Å²) in [5.74, 6) is -1.25. The van der Waals surface area contributed by atoms with Crippen LogP contribution < -0.4 is 5.43 Å². The molecule has 170 valence electrons. The molecule has 2 rings (SSSR count). The number of alkyl halides is 6. The minimum atomic E-state index is -4.72. The van der Waals surface area contributed by atoms with Crippen molar-refractivity contribution in [2.75, 3.05) is 13.1 Å². The molecule has 1 aromatic carbocycles. The third-order valence-electron chi connectivity index (χ3n) is 4.05. The lowest BCUT2D eigenvalue weighted by Gasteiger charge is -2.30. The fourth-order valence-corrected chi connectivity index (χ4v) is 2.91. The first-order valence-corrected chi connectivity index (χ1v) is 9.12. The van der Waals surface area contributed by atoms with Crippen LogP contribution in [0, 0.1) is 12.3 Å². The summed E-state index contributed by atoms with van der Waals surface area (Å²) in [5, 5.41) is 3.82. The lowest BCUT2D eigenvalue weighted by molar-refractivity contribution is -0.142. The van der Waals surface area contributed by atoms with E-state index in [1.54, 1.807) is 20.8 Å². The standard InChI is InChI=1S/C20H21F6N3O2/c1-12-8-15(30)16(17(31)28(10-18(2,3)4)11-19(21,22)23)27-29(12)14-7-5-6-13(9-14)20(24,25)26/h5-9H,10-11H2,1-4H3. The number of hydrogen-bond donors (Lipinski definition) is 0. The van der Waals surface area contributed by atoms with E-state index < -0.39 is 46.9 Å². The van der Waals surface area contributed by atoms with Gasteiger partial charge in [0.25, 0.3) is 5.91 Å². The molecule has 5 nitrogen and oxygen atoms in total. The third-order valence-corrected chi connectivity index (χ3v) is 4.05. The van der Waals surface area contributed by atoms with Gasteiger partial charge in [-0.15, -0.1) is 0 Å². The first kappa shape index (κ1) is 24.4. The molecule has 0 atom stereocenters. The number of hydrogen-bond acceptors (Lipinski definition) is 3. The smallest absolute Gasteiger partial charge is 0.327 e. The molecule has 0 bridgehead atoms. The highest BCUT2D eigenvalue weighted by atomic mass is 19.4. The van der Waals surface area contributed by atoms with Gasteiger partial charge in [-0.2, -0.15) is 31.4 Å². The van der Waals surface area contributed by atoms with E-state index in [4.69, 9.17) is 0 Å². The Morgan fingerprint density at radius 3 is 2.16 bits per heavy atom. The van der Waals surface area contributed by atoms with Crippen LogP contribution in [0.15, 0.2) is 35.1 Å². The van der Waals surface area contributed by atoms with Crippen LogP contribution in [0.25, 0.3) is 5.69 Å². The zero-order valence-electron chi connectivity index (χ0n) is 17.2. The van der Waals surface area contributed by atoms with Gasteiger partial charge in [-0.1, -0.05) is 26.8 Å². The molecule has 0 saturated carbocycles. The third kappa shape index (κ3) is 6.56. The number of carbonyl (C=O) groups is 1. The largest absolute Gasteiger partial charge is 0.416 e. The molecule has 0 N–H and O–H groups in total. The van der Waals surface area contributed by atoms with Gasteiger partial charge in [0.15, 0.2) is 5.69 Å². The van der Waals surface area contributed by atoms with E-state index in [9.17, 15) is 35.9 Å². The molecule has 1 amide bonds. The number of nitrogens with zero attached hydrogens (tertiary/aromatic N) is 3. The number of benzene rings is 1. The molecule has 2 aromatic rings. The van der Waals surface area contributed by atoms with Crippen molar-refractivity contribution < 1.29 is 31.1 Å². The van der Waals surface area contributed by atoms with E-state index in [1.165, 1.54) is 13.0 Å². The summed E-state index contributed by atoms with van der Waals surface area (Å²) >= 11 is 0. The Morgan fingerprint density at radius 1 is 1.03 bits per heavy atom. The van der Waals surface area contributed by atoms with Crippen molar-refractivity contribution in [3.8, 4) is 5.69 Å². The van der Waals surface area contributed by atoms with E-state index >= 15 is 0 Å². The van der Waals surface area contributed by atoms with Gasteiger partial charge in [0.1, 0.15) is 6.54 Å². The van der Waals surface area contributed by atoms with E-state index in [-0.39, 0.29) is 17.9 Å². The number of amides is 1. The molecule has 0 saturated heterocycles. The van der Waals surface area contributed by atoms with Gasteiger partial charge in [-0.05, 0) is 30.5 Å². The monoisotopic (exact) mass is 449 g/mol. The average Bonchev–Trinajstić information content (AvgIpc) is 2.57. The summed E-state index contributed by atoms with van der Waals surface area (Å²) in [4.78, 5) is 25.6. The van der Waals surface area contributed by atoms with Crippen LogP contribution >= 0.6 is 0 Å². The highest BCUT2D eigenvalue weighted by Crippen LogP contribution is 2.30. The van der Waals surface area contributed by atoms with Gasteiger partial charge in [0.2, 0.25) is 5.43 Å². The van der Waals surface area contributed by atoms with Crippen LogP contribution in [-0.4, -0.2) is 39.9 Å². The van der Waals surface area contributed by atoms with Crippen molar-refractivity contribution in [3.05, 3.63) is 57.5 Å². The van der Waals surface area contributed by atoms with Gasteiger partial charge in [0, 0.05) is 18.3 Å². The molecule has 0 aliphatic heterocycles. The van der Waals surface area contributed by atoms with Crippen molar-refractivity contribution in [2.24, 2.45) is 5.41 Å². The van der Waals surface area contributed by atoms with Crippen LogP contribution in [0.5, 0.6) is 0 Å². The molecule has 1 heterocycles. The summed E-state index contributed by atoms with van der Waals surface area (Å²) < 4.78 is 79.1. The Morgan fingerprint density at radius 2 is 1.65 bits per heavy atom. The average molecular weight is 449 g/mol. The lowest BCUT2D eigenvalue weighted by atomic mass is 9.96. The topological polar surface area (TPSA) is 55.2 Å². The predicted molar refractivity (Wildman–Crippen MR) is 101 cm³/mol. The molecule has 0 aliphatic carbocycles. The van der Waals surface area contributed by atoms with Crippen LogP contribution in [0.4, 0.5) is 26.3 Å². The van der Waals surface area contributed by atoms with Gasteiger partial charge < -0.3 is 4.90 Å². The van der Waals surface area contributed by atoms with E-state index in [0.29, 0.717) is 4.90 Å². The highest BCUT2D eigenvalue weighted by Gasteiger charge is 2.36. The van der Waals surface area contributed by atoms with Crippen LogP contribution in [0.3, 0.4) is 0 Å². The zero-order valence-corrected chi connectivity index (χ0v) is 17.2. The van der Waals surface area contributed by atoms with Gasteiger partial charge in [-0.25, -0.2) is 4.68 Å². The molecule has 0 aliphatic rings. The first-order valence-electron chi connectivity index (χ1n) is 9.12. The van der Waals surface area contributed by atoms with E-state index in [2.05, 4.69) is 5.10 Å². The summed E-state index contributed by atoms with van der Waals surface area (Å²) in [6.07, 6.45) is -9.36. The molecule has 0 unspecified atom stereocenters. The summed E-state index contributed by atoms with van der Waals surface area (Å²) in [6.45, 7) is 4.32. The molecule has 1 aromatic heterocycles. The molecular weight excluding hydrogens is 428 g/mol. The second-order valence-electron chi connectivity index (χ2n) is 8.30. The maximum absolute atomic E-state index is 13.0. The Bertz CT molecular complexity index is 1000. The van der Waals surface area contributed by atoms with E-state index in [0.717, 1.165) is 28.9 Å². The first-order chi connectivity index (χ1) is 14.0. The van der Waals surface area contributed by atoms with Crippen molar-refractivity contribution >= 4 is 5.91 Å². The molecule has 0 radical (unpaired) electrons. The number of aromatic nitrogens is 2. The number of rotatable bonds is 4. The SMILES string of the molecule is Cc1cc(=O)c(C(=O)N(CC(C)(C)C)CC(F)(F)F)nn1-c1cccc(C(F)(F)F)c1. The Balaban J connectivity index is 2.57. The maximum Gasteiger partial charge on any atom is 0.416 e. The zero-order chi connectivity index (χ0) is 23.8. The Kier molecular flexibility index (Phi) is 6.58. The molecule has 31 heavy (non-hydrogen) atoms. The van der Waals surface area contributed by atoms with Crippen LogP contribution in [0.2, 0.25) is 0 Å². The number of halogens is 6. The van der Waals surface area contributed by atoms with E-state index in [1.807, 2.05) is 0 Å². The van der Waals surface area contributed by atoms with Crippen molar-refractivity contribution in [2.45, 2.75) is 40.0 Å². The lowest BCUT2D eigenvalue weighted by Crippen LogP contribution is -2.45. The quantitative estimate of drug-likeness (QED) is 0.641. The summed E-state index contributed by atoms with van der Waals surface area (Å²) in [7, 11) is 0. The van der Waals surface area contributed by atoms with Crippen LogP contribution in [-0.2, 0) is 6.18 Å². The molecule has 11 heteroatoms. The van der Waals surface area contributed by atoms with Gasteiger partial charge in [-0.3, -0.25) is 9.59 Å². The summed E-state index contributed by atoms with van der Waals surface area (Å²) in [5.41, 5.74) is -3.42. The molecular formula is C20H21F6N3O2. The summed E-state index contributed by atoms with van der Waals surface area (Å²) in [6, 6.07) is 4.94. The number of aryl methyl sites for hydroxylation is 1. The van der Waals surface area contributed by atoms with Crippen LogP contribution in [0.1, 0.15) is 42.5 Å². The minimum absolute atomic E-state index is 0.0976. The molecule has 0 spiro atoms. The molecule has 0 fully saturated rings. The van der Waals surface area contributed by atoms with Crippen molar-refractivity contribution in [3.63, 3.8) is 0 Å². The van der Waals surface area contributed by atoms with Gasteiger partial charge >= 0.3 is 12.4 Å².